The highest BCUT2D eigenvalue weighted by Gasteiger charge is 2.28. The first-order chi connectivity index (χ1) is 11.7. The third-order valence-electron chi connectivity index (χ3n) is 5.37. The lowest BCUT2D eigenvalue weighted by Crippen LogP contribution is -2.90. The van der Waals surface area contributed by atoms with Crippen molar-refractivity contribution < 1.29 is 5.32 Å². The smallest absolute Gasteiger partial charge is 0.127 e. The van der Waals surface area contributed by atoms with Gasteiger partial charge in [-0.05, 0) is 49.9 Å². The largest absolute Gasteiger partial charge is 0.353 e. The number of hydrogen-bond donors (Lipinski definition) is 2. The number of aromatic amines is 1. The third kappa shape index (κ3) is 2.99. The Hall–Kier alpha value is -2.06. The van der Waals surface area contributed by atoms with Crippen LogP contribution in [-0.2, 0) is 12.8 Å². The second-order valence-electron chi connectivity index (χ2n) is 7.42. The molecule has 0 radical (unpaired) electrons. The van der Waals surface area contributed by atoms with Crippen LogP contribution in [0.5, 0.6) is 0 Å². The van der Waals surface area contributed by atoms with Crippen molar-refractivity contribution in [2.24, 2.45) is 0 Å². The lowest BCUT2D eigenvalue weighted by Gasteiger charge is -2.24. The third-order valence-corrected chi connectivity index (χ3v) is 5.37. The minimum atomic E-state index is 0.570. The summed E-state index contributed by atoms with van der Waals surface area (Å²) in [4.78, 5) is 3.73. The van der Waals surface area contributed by atoms with E-state index in [0.29, 0.717) is 12.1 Å². The molecule has 24 heavy (non-hydrogen) atoms. The molecular formula is C22H27N2+. The molecule has 0 spiro atoms. The van der Waals surface area contributed by atoms with Crippen molar-refractivity contribution in [3.8, 4) is 0 Å². The molecule has 0 bridgehead atoms. The Morgan fingerprint density at radius 1 is 1.17 bits per heavy atom. The second kappa shape index (κ2) is 6.45. The minimum absolute atomic E-state index is 0.570. The Labute approximate surface area is 144 Å². The molecule has 1 aliphatic carbocycles. The van der Waals surface area contributed by atoms with E-state index < -0.39 is 0 Å². The van der Waals surface area contributed by atoms with Crippen molar-refractivity contribution in [2.45, 2.75) is 51.6 Å². The standard InChI is InChI=1S/C22H26N2/c1-15-11-12-20-19(13-15)18-9-6-10-21(22(18)24-20)23-16(2)14-17-7-4-3-5-8-17/h3-5,7-8,11-13,16,21,23-24H,6,9-10,14H2,1-2H3/p+1/t16-,21+/m1/s1. The summed E-state index contributed by atoms with van der Waals surface area (Å²) in [5.74, 6) is 0. The number of H-pyrrole nitrogens is 1. The van der Waals surface area contributed by atoms with Gasteiger partial charge in [0, 0.05) is 23.7 Å². The van der Waals surface area contributed by atoms with Gasteiger partial charge in [0.15, 0.2) is 0 Å². The minimum Gasteiger partial charge on any atom is -0.353 e. The van der Waals surface area contributed by atoms with Gasteiger partial charge >= 0.3 is 0 Å². The Bertz CT molecular complexity index is 832. The zero-order chi connectivity index (χ0) is 16.5. The Kier molecular flexibility index (Phi) is 4.15. The number of quaternary nitrogens is 1. The highest BCUT2D eigenvalue weighted by molar-refractivity contribution is 5.85. The molecule has 0 fully saturated rings. The van der Waals surface area contributed by atoms with Crippen molar-refractivity contribution in [3.63, 3.8) is 0 Å². The van der Waals surface area contributed by atoms with E-state index in [1.807, 2.05) is 0 Å². The summed E-state index contributed by atoms with van der Waals surface area (Å²) in [5, 5.41) is 4.02. The van der Waals surface area contributed by atoms with E-state index in [1.54, 1.807) is 5.56 Å². The lowest BCUT2D eigenvalue weighted by atomic mass is 9.90. The molecule has 1 aromatic heterocycles. The number of rotatable bonds is 4. The first-order valence-corrected chi connectivity index (χ1v) is 9.21. The topological polar surface area (TPSA) is 32.4 Å². The number of nitrogens with two attached hydrogens (primary N) is 1. The summed E-state index contributed by atoms with van der Waals surface area (Å²) >= 11 is 0. The zero-order valence-electron chi connectivity index (χ0n) is 14.7. The molecule has 3 N–H and O–H groups in total. The van der Waals surface area contributed by atoms with Gasteiger partial charge < -0.3 is 10.3 Å². The molecule has 2 nitrogen and oxygen atoms in total. The molecule has 0 amide bonds. The van der Waals surface area contributed by atoms with Crippen LogP contribution in [0.4, 0.5) is 0 Å². The Morgan fingerprint density at radius 2 is 2.00 bits per heavy atom. The molecule has 0 saturated carbocycles. The van der Waals surface area contributed by atoms with Crippen LogP contribution in [-0.4, -0.2) is 11.0 Å². The van der Waals surface area contributed by atoms with Crippen LogP contribution in [0.3, 0.4) is 0 Å². The fourth-order valence-corrected chi connectivity index (χ4v) is 4.25. The molecule has 2 heteroatoms. The monoisotopic (exact) mass is 319 g/mol. The van der Waals surface area contributed by atoms with Crippen molar-refractivity contribution >= 4 is 10.9 Å². The van der Waals surface area contributed by atoms with Gasteiger partial charge in [0.05, 0.1) is 11.7 Å². The van der Waals surface area contributed by atoms with E-state index in [-0.39, 0.29) is 0 Å². The summed E-state index contributed by atoms with van der Waals surface area (Å²) in [7, 11) is 0. The van der Waals surface area contributed by atoms with Crippen molar-refractivity contribution in [2.75, 3.05) is 0 Å². The molecule has 4 rings (SSSR count). The molecule has 1 heterocycles. The van der Waals surface area contributed by atoms with E-state index in [9.17, 15) is 0 Å². The molecule has 2 atom stereocenters. The maximum absolute atomic E-state index is 3.73. The van der Waals surface area contributed by atoms with Crippen LogP contribution in [0.15, 0.2) is 48.5 Å². The van der Waals surface area contributed by atoms with Gasteiger partial charge in [-0.25, -0.2) is 0 Å². The average molecular weight is 319 g/mol. The van der Waals surface area contributed by atoms with E-state index in [2.05, 4.69) is 72.7 Å². The molecule has 1 aliphatic rings. The predicted molar refractivity (Wildman–Crippen MR) is 100 cm³/mol. The van der Waals surface area contributed by atoms with Gasteiger partial charge in [0.2, 0.25) is 0 Å². The van der Waals surface area contributed by atoms with Crippen LogP contribution in [0.1, 0.15) is 48.2 Å². The molecular weight excluding hydrogens is 292 g/mol. The maximum Gasteiger partial charge on any atom is 0.127 e. The summed E-state index contributed by atoms with van der Waals surface area (Å²) in [6, 6.07) is 18.8. The van der Waals surface area contributed by atoms with Gasteiger partial charge in [-0.15, -0.1) is 0 Å². The van der Waals surface area contributed by atoms with E-state index >= 15 is 0 Å². The lowest BCUT2D eigenvalue weighted by molar-refractivity contribution is -0.726. The van der Waals surface area contributed by atoms with Crippen molar-refractivity contribution in [3.05, 3.63) is 70.9 Å². The van der Waals surface area contributed by atoms with Crippen LogP contribution in [0.25, 0.3) is 10.9 Å². The summed E-state index contributed by atoms with van der Waals surface area (Å²) < 4.78 is 0. The maximum atomic E-state index is 3.73. The van der Waals surface area contributed by atoms with E-state index in [0.717, 1.165) is 6.42 Å². The molecule has 2 aromatic carbocycles. The fourth-order valence-electron chi connectivity index (χ4n) is 4.25. The number of hydrogen-bond acceptors (Lipinski definition) is 0. The van der Waals surface area contributed by atoms with E-state index in [1.165, 1.54) is 47.0 Å². The van der Waals surface area contributed by atoms with Crippen LogP contribution in [0.2, 0.25) is 0 Å². The average Bonchev–Trinajstić information content (AvgIpc) is 2.95. The molecule has 0 saturated heterocycles. The summed E-state index contributed by atoms with van der Waals surface area (Å²) in [5.41, 5.74) is 7.13. The normalized spacial score (nSPS) is 18.5. The number of fused-ring (bicyclic) bond motifs is 3. The number of aryl methyl sites for hydroxylation is 2. The molecule has 3 aromatic rings. The highest BCUT2D eigenvalue weighted by Crippen LogP contribution is 2.33. The Balaban J connectivity index is 1.56. The first kappa shape index (κ1) is 15.5. The number of nitrogens with one attached hydrogen (secondary N) is 1. The van der Waals surface area contributed by atoms with Gasteiger partial charge in [-0.1, -0.05) is 42.0 Å². The van der Waals surface area contributed by atoms with Gasteiger partial charge in [0.1, 0.15) is 6.04 Å². The van der Waals surface area contributed by atoms with Crippen molar-refractivity contribution in [1.82, 2.24) is 4.98 Å². The van der Waals surface area contributed by atoms with Crippen LogP contribution >= 0.6 is 0 Å². The molecule has 0 unspecified atom stereocenters. The van der Waals surface area contributed by atoms with Crippen molar-refractivity contribution in [1.29, 1.82) is 0 Å². The van der Waals surface area contributed by atoms with Crippen LogP contribution < -0.4 is 5.32 Å². The molecule has 0 aliphatic heterocycles. The Morgan fingerprint density at radius 3 is 2.83 bits per heavy atom. The second-order valence-corrected chi connectivity index (χ2v) is 7.42. The zero-order valence-corrected chi connectivity index (χ0v) is 14.7. The van der Waals surface area contributed by atoms with Gasteiger partial charge in [-0.2, -0.15) is 0 Å². The first-order valence-electron chi connectivity index (χ1n) is 9.21. The molecule has 124 valence electrons. The quantitative estimate of drug-likeness (QED) is 0.727. The fraction of sp³-hybridized carbons (Fsp3) is 0.364. The summed E-state index contributed by atoms with van der Waals surface area (Å²) in [6.45, 7) is 4.54. The predicted octanol–water partition coefficient (Wildman–Crippen LogP) is 4.05. The van der Waals surface area contributed by atoms with E-state index in [4.69, 9.17) is 0 Å². The number of benzene rings is 2. The SMILES string of the molecule is Cc1ccc2[nH]c3c(c2c1)CCC[C@@H]3[NH2+][C@H](C)Cc1ccccc1. The van der Waals surface area contributed by atoms with Crippen LogP contribution in [0, 0.1) is 6.92 Å². The summed E-state index contributed by atoms with van der Waals surface area (Å²) in [6.07, 6.45) is 4.92. The van der Waals surface area contributed by atoms with Gasteiger partial charge in [-0.3, -0.25) is 0 Å². The number of aromatic nitrogens is 1. The van der Waals surface area contributed by atoms with Gasteiger partial charge in [0.25, 0.3) is 0 Å². The highest BCUT2D eigenvalue weighted by atomic mass is 15.0.